The molecule has 0 unspecified atom stereocenters. The maximum atomic E-state index is 12.4. The van der Waals surface area contributed by atoms with Crippen LogP contribution in [0.3, 0.4) is 0 Å². The molecule has 0 N–H and O–H groups in total. The van der Waals surface area contributed by atoms with E-state index in [4.69, 9.17) is 4.74 Å². The zero-order chi connectivity index (χ0) is 16.2. The van der Waals surface area contributed by atoms with Gasteiger partial charge in [-0.3, -0.25) is 4.79 Å². The molecule has 6 heteroatoms. The summed E-state index contributed by atoms with van der Waals surface area (Å²) in [7, 11) is 0. The normalized spacial score (nSPS) is 12.4. The van der Waals surface area contributed by atoms with Crippen LogP contribution in [0.25, 0.3) is 6.08 Å². The van der Waals surface area contributed by atoms with Crippen molar-refractivity contribution in [2.75, 3.05) is 0 Å². The van der Waals surface area contributed by atoms with E-state index in [-0.39, 0.29) is 5.57 Å². The Balaban J connectivity index is 3.07. The fourth-order valence-electron chi connectivity index (χ4n) is 1.52. The summed E-state index contributed by atoms with van der Waals surface area (Å²) < 4.78 is 42.2. The Morgan fingerprint density at radius 2 is 1.67 bits per heavy atom. The van der Waals surface area contributed by atoms with E-state index in [9.17, 15) is 22.8 Å². The molecule has 21 heavy (non-hydrogen) atoms. The number of ketones is 1. The van der Waals surface area contributed by atoms with Crippen LogP contribution in [0.5, 0.6) is 0 Å². The van der Waals surface area contributed by atoms with E-state index in [1.54, 1.807) is 13.8 Å². The lowest BCUT2D eigenvalue weighted by molar-refractivity contribution is -0.143. The Bertz CT molecular complexity index is 555. The summed E-state index contributed by atoms with van der Waals surface area (Å²) in [5.74, 6) is -1.31. The third-order valence-corrected chi connectivity index (χ3v) is 2.49. The lowest BCUT2D eigenvalue weighted by Crippen LogP contribution is -2.17. The smallest absolute Gasteiger partial charge is 0.416 e. The molecule has 114 valence electrons. The number of esters is 1. The summed E-state index contributed by atoms with van der Waals surface area (Å²) >= 11 is 0. The SMILES string of the molecule is CC(=O)C(=Cc1ccc(C(F)(F)F)cc1)C(=O)OC(C)C. The molecule has 1 aromatic carbocycles. The van der Waals surface area contributed by atoms with Gasteiger partial charge in [-0.2, -0.15) is 13.2 Å². The van der Waals surface area contributed by atoms with Gasteiger partial charge in [0.15, 0.2) is 5.78 Å². The fourth-order valence-corrected chi connectivity index (χ4v) is 1.52. The number of Topliss-reactive ketones (excluding diaryl/α,β-unsaturated/α-hetero) is 1. The van der Waals surface area contributed by atoms with Crippen molar-refractivity contribution in [2.45, 2.75) is 33.1 Å². The van der Waals surface area contributed by atoms with Gasteiger partial charge in [0.05, 0.1) is 11.7 Å². The number of halogens is 3. The van der Waals surface area contributed by atoms with Gasteiger partial charge < -0.3 is 4.74 Å². The highest BCUT2D eigenvalue weighted by Crippen LogP contribution is 2.29. The number of benzene rings is 1. The van der Waals surface area contributed by atoms with Gasteiger partial charge in [0.2, 0.25) is 0 Å². The van der Waals surface area contributed by atoms with Crippen LogP contribution in [0, 0.1) is 0 Å². The van der Waals surface area contributed by atoms with E-state index in [0.717, 1.165) is 12.1 Å². The molecule has 0 aliphatic heterocycles. The minimum Gasteiger partial charge on any atom is -0.459 e. The van der Waals surface area contributed by atoms with Crippen molar-refractivity contribution < 1.29 is 27.5 Å². The summed E-state index contributed by atoms with van der Waals surface area (Å²) in [6.45, 7) is 4.46. The van der Waals surface area contributed by atoms with Crippen molar-refractivity contribution in [1.29, 1.82) is 0 Å². The minimum atomic E-state index is -4.43. The molecule has 1 rings (SSSR count). The lowest BCUT2D eigenvalue weighted by Gasteiger charge is -2.09. The summed E-state index contributed by atoms with van der Waals surface area (Å²) in [6.07, 6.45) is -3.61. The minimum absolute atomic E-state index is 0.205. The highest BCUT2D eigenvalue weighted by atomic mass is 19.4. The first-order chi connectivity index (χ1) is 9.61. The number of carbonyl (C=O) groups excluding carboxylic acids is 2. The van der Waals surface area contributed by atoms with E-state index >= 15 is 0 Å². The number of ether oxygens (including phenoxy) is 1. The van der Waals surface area contributed by atoms with Crippen LogP contribution in [0.1, 0.15) is 31.9 Å². The van der Waals surface area contributed by atoms with Crippen molar-refractivity contribution in [1.82, 2.24) is 0 Å². The first-order valence-electron chi connectivity index (χ1n) is 6.22. The molecular weight excluding hydrogens is 285 g/mol. The van der Waals surface area contributed by atoms with E-state index in [1.165, 1.54) is 25.1 Å². The molecular formula is C15H15F3O3. The highest BCUT2D eigenvalue weighted by molar-refractivity contribution is 6.19. The number of carbonyl (C=O) groups is 2. The van der Waals surface area contributed by atoms with Crippen LogP contribution in [0.2, 0.25) is 0 Å². The fraction of sp³-hybridized carbons (Fsp3) is 0.333. The van der Waals surface area contributed by atoms with Crippen molar-refractivity contribution >= 4 is 17.8 Å². The Kier molecular flexibility index (Phi) is 5.29. The van der Waals surface area contributed by atoms with Gasteiger partial charge in [-0.05, 0) is 44.5 Å². The van der Waals surface area contributed by atoms with Gasteiger partial charge in [-0.15, -0.1) is 0 Å². The maximum absolute atomic E-state index is 12.4. The van der Waals surface area contributed by atoms with Crippen LogP contribution >= 0.6 is 0 Å². The number of hydrogen-bond acceptors (Lipinski definition) is 3. The van der Waals surface area contributed by atoms with Crippen LogP contribution in [-0.2, 0) is 20.5 Å². The molecule has 0 aromatic heterocycles. The summed E-state index contributed by atoms with van der Waals surface area (Å²) in [5.41, 5.74) is -0.689. The molecule has 0 saturated heterocycles. The maximum Gasteiger partial charge on any atom is 0.416 e. The number of hydrogen-bond donors (Lipinski definition) is 0. The van der Waals surface area contributed by atoms with Crippen molar-refractivity contribution in [3.63, 3.8) is 0 Å². The van der Waals surface area contributed by atoms with Gasteiger partial charge in [0, 0.05) is 0 Å². The van der Waals surface area contributed by atoms with Crippen LogP contribution in [0.15, 0.2) is 29.8 Å². The average molecular weight is 300 g/mol. The molecule has 0 heterocycles. The summed E-state index contributed by atoms with van der Waals surface area (Å²) in [4.78, 5) is 23.2. The highest BCUT2D eigenvalue weighted by Gasteiger charge is 2.29. The van der Waals surface area contributed by atoms with E-state index in [0.29, 0.717) is 5.56 Å². The Hall–Kier alpha value is -2.11. The first-order valence-corrected chi connectivity index (χ1v) is 6.22. The van der Waals surface area contributed by atoms with Gasteiger partial charge >= 0.3 is 12.1 Å². The topological polar surface area (TPSA) is 43.4 Å². The quantitative estimate of drug-likeness (QED) is 0.369. The third-order valence-electron chi connectivity index (χ3n) is 2.49. The summed E-state index contributed by atoms with van der Waals surface area (Å²) in [6, 6.07) is 4.15. The molecule has 0 aliphatic carbocycles. The number of alkyl halides is 3. The molecule has 0 spiro atoms. The molecule has 0 atom stereocenters. The predicted molar refractivity (Wildman–Crippen MR) is 71.3 cm³/mol. The van der Waals surface area contributed by atoms with Gasteiger partial charge in [-0.1, -0.05) is 12.1 Å². The van der Waals surface area contributed by atoms with E-state index < -0.39 is 29.6 Å². The van der Waals surface area contributed by atoms with Crippen molar-refractivity contribution in [2.24, 2.45) is 0 Å². The summed E-state index contributed by atoms with van der Waals surface area (Å²) in [5, 5.41) is 0. The Labute approximate surface area is 120 Å². The molecule has 0 amide bonds. The third kappa shape index (κ3) is 5.06. The predicted octanol–water partition coefficient (Wildman–Crippen LogP) is 3.63. The molecule has 0 fully saturated rings. The molecule has 0 saturated carbocycles. The van der Waals surface area contributed by atoms with Gasteiger partial charge in [-0.25, -0.2) is 4.79 Å². The van der Waals surface area contributed by atoms with Crippen LogP contribution in [0.4, 0.5) is 13.2 Å². The van der Waals surface area contributed by atoms with Crippen molar-refractivity contribution in [3.8, 4) is 0 Å². The average Bonchev–Trinajstić information content (AvgIpc) is 2.34. The largest absolute Gasteiger partial charge is 0.459 e. The lowest BCUT2D eigenvalue weighted by atomic mass is 10.1. The van der Waals surface area contributed by atoms with Crippen molar-refractivity contribution in [3.05, 3.63) is 41.0 Å². The van der Waals surface area contributed by atoms with Crippen LogP contribution < -0.4 is 0 Å². The molecule has 3 nitrogen and oxygen atoms in total. The Morgan fingerprint density at radius 1 is 1.14 bits per heavy atom. The Morgan fingerprint density at radius 3 is 2.05 bits per heavy atom. The standard InChI is InChI=1S/C15H15F3O3/c1-9(2)21-14(20)13(10(3)19)8-11-4-6-12(7-5-11)15(16,17)18/h4-9H,1-3H3. The first kappa shape index (κ1) is 16.9. The van der Waals surface area contributed by atoms with E-state index in [2.05, 4.69) is 0 Å². The number of rotatable bonds is 4. The monoisotopic (exact) mass is 300 g/mol. The van der Waals surface area contributed by atoms with Crippen LogP contribution in [-0.4, -0.2) is 17.9 Å². The van der Waals surface area contributed by atoms with E-state index in [1.807, 2.05) is 0 Å². The molecule has 1 aromatic rings. The second-order valence-electron chi connectivity index (χ2n) is 4.69. The zero-order valence-corrected chi connectivity index (χ0v) is 11.8. The van der Waals surface area contributed by atoms with Gasteiger partial charge in [0.1, 0.15) is 5.57 Å². The molecule has 0 bridgehead atoms. The second-order valence-corrected chi connectivity index (χ2v) is 4.69. The van der Waals surface area contributed by atoms with Gasteiger partial charge in [0.25, 0.3) is 0 Å². The zero-order valence-electron chi connectivity index (χ0n) is 11.8. The second kappa shape index (κ2) is 6.56. The molecule has 0 aliphatic rings. The molecule has 0 radical (unpaired) electrons.